The fourth-order valence-electron chi connectivity index (χ4n) is 1.36. The Balaban J connectivity index is 3.10. The summed E-state index contributed by atoms with van der Waals surface area (Å²) in [5.41, 5.74) is 0.496. The Morgan fingerprint density at radius 1 is 1.50 bits per heavy atom. The number of hydrogen-bond acceptors (Lipinski definition) is 2. The van der Waals surface area contributed by atoms with Crippen LogP contribution in [0.25, 0.3) is 0 Å². The molecule has 0 unspecified atom stereocenters. The number of carbonyl (C=O) groups is 1. The summed E-state index contributed by atoms with van der Waals surface area (Å²) < 4.78 is 37.6. The molecule has 3 nitrogen and oxygen atoms in total. The van der Waals surface area contributed by atoms with Crippen LogP contribution in [-0.4, -0.2) is 21.7 Å². The van der Waals surface area contributed by atoms with Gasteiger partial charge < -0.3 is 0 Å². The predicted molar refractivity (Wildman–Crippen MR) is 52.4 cm³/mol. The molecular weight excluding hydrogens is 221 g/mol. The van der Waals surface area contributed by atoms with E-state index in [4.69, 9.17) is 0 Å². The molecule has 0 N–H and O–H groups in total. The van der Waals surface area contributed by atoms with Gasteiger partial charge >= 0.3 is 6.18 Å². The lowest BCUT2D eigenvalue weighted by Crippen LogP contribution is -2.21. The third-order valence-electron chi connectivity index (χ3n) is 2.09. The number of nitrogens with zero attached hydrogens (tertiary/aromatic N) is 2. The predicted octanol–water partition coefficient (Wildman–Crippen LogP) is 2.77. The van der Waals surface area contributed by atoms with E-state index in [-0.39, 0.29) is 17.4 Å². The number of rotatable bonds is 3. The average molecular weight is 234 g/mol. The van der Waals surface area contributed by atoms with Gasteiger partial charge in [-0.2, -0.15) is 18.3 Å². The molecule has 90 valence electrons. The van der Waals surface area contributed by atoms with Crippen molar-refractivity contribution in [2.24, 2.45) is 0 Å². The topological polar surface area (TPSA) is 34.9 Å². The van der Waals surface area contributed by atoms with Crippen LogP contribution in [0.1, 0.15) is 42.9 Å². The van der Waals surface area contributed by atoms with Crippen molar-refractivity contribution in [3.63, 3.8) is 0 Å². The van der Waals surface area contributed by atoms with Crippen LogP contribution >= 0.6 is 0 Å². The van der Waals surface area contributed by atoms with E-state index in [1.807, 2.05) is 0 Å². The highest BCUT2D eigenvalue weighted by Crippen LogP contribution is 2.22. The molecule has 1 aromatic rings. The van der Waals surface area contributed by atoms with Crippen LogP contribution in [0.5, 0.6) is 0 Å². The van der Waals surface area contributed by atoms with E-state index in [2.05, 4.69) is 5.10 Å². The summed E-state index contributed by atoms with van der Waals surface area (Å²) in [6.45, 7) is 3.64. The zero-order chi connectivity index (χ0) is 12.5. The van der Waals surface area contributed by atoms with Gasteiger partial charge in [-0.15, -0.1) is 0 Å². The fourth-order valence-corrected chi connectivity index (χ4v) is 1.36. The van der Waals surface area contributed by atoms with Gasteiger partial charge in [0.15, 0.2) is 5.78 Å². The van der Waals surface area contributed by atoms with E-state index in [1.54, 1.807) is 13.8 Å². The molecular formula is C10H13F3N2O. The van der Waals surface area contributed by atoms with Crippen LogP contribution in [-0.2, 0) is 6.54 Å². The maximum absolute atomic E-state index is 12.2. The van der Waals surface area contributed by atoms with Crippen molar-refractivity contribution in [2.75, 3.05) is 0 Å². The minimum atomic E-state index is -4.33. The quantitative estimate of drug-likeness (QED) is 0.754. The number of carbonyl (C=O) groups excluding carboxylic acids is 1. The Bertz CT molecular complexity index is 393. The summed E-state index contributed by atoms with van der Waals surface area (Å²) in [7, 11) is 0. The van der Waals surface area contributed by atoms with Crippen molar-refractivity contribution in [1.82, 2.24) is 9.78 Å². The van der Waals surface area contributed by atoms with Gasteiger partial charge in [0.1, 0.15) is 12.2 Å². The molecule has 0 aliphatic heterocycles. The van der Waals surface area contributed by atoms with Crippen LogP contribution in [0.15, 0.2) is 6.07 Å². The molecule has 0 saturated heterocycles. The van der Waals surface area contributed by atoms with Crippen molar-refractivity contribution < 1.29 is 18.0 Å². The van der Waals surface area contributed by atoms with E-state index in [0.717, 1.165) is 4.68 Å². The minimum absolute atomic E-state index is 0.0768. The maximum atomic E-state index is 12.2. The number of ketones is 1. The van der Waals surface area contributed by atoms with Gasteiger partial charge in [-0.1, -0.05) is 13.8 Å². The molecule has 1 rings (SSSR count). The van der Waals surface area contributed by atoms with E-state index >= 15 is 0 Å². The molecule has 0 spiro atoms. The number of hydrogen-bond donors (Lipinski definition) is 0. The second-order valence-corrected chi connectivity index (χ2v) is 3.94. The zero-order valence-electron chi connectivity index (χ0n) is 9.30. The van der Waals surface area contributed by atoms with Crippen molar-refractivity contribution >= 4 is 5.78 Å². The Morgan fingerprint density at radius 2 is 2.06 bits per heavy atom. The standard InChI is InChI=1S/C10H13F3N2O/c1-6(2)9-4-8(7(3)16)14-15(9)5-10(11,12)13/h4,6H,5H2,1-3H3. The minimum Gasteiger partial charge on any atom is -0.293 e. The monoisotopic (exact) mass is 234 g/mol. The second kappa shape index (κ2) is 4.27. The highest BCUT2D eigenvalue weighted by Gasteiger charge is 2.30. The molecule has 0 amide bonds. The van der Waals surface area contributed by atoms with Crippen molar-refractivity contribution in [3.8, 4) is 0 Å². The number of aromatic nitrogens is 2. The molecule has 0 saturated carbocycles. The van der Waals surface area contributed by atoms with E-state index in [0.29, 0.717) is 5.69 Å². The molecule has 16 heavy (non-hydrogen) atoms. The third kappa shape index (κ3) is 3.08. The molecule has 0 aliphatic carbocycles. The lowest BCUT2D eigenvalue weighted by molar-refractivity contribution is -0.143. The smallest absolute Gasteiger partial charge is 0.293 e. The van der Waals surface area contributed by atoms with Gasteiger partial charge in [0.05, 0.1) is 0 Å². The first kappa shape index (κ1) is 12.7. The lowest BCUT2D eigenvalue weighted by Gasteiger charge is -2.11. The third-order valence-corrected chi connectivity index (χ3v) is 2.09. The molecule has 1 aromatic heterocycles. The van der Waals surface area contributed by atoms with Gasteiger partial charge in [-0.25, -0.2) is 0 Å². The molecule has 0 aromatic carbocycles. The molecule has 0 radical (unpaired) electrons. The molecule has 0 bridgehead atoms. The second-order valence-electron chi connectivity index (χ2n) is 3.94. The summed E-state index contributed by atoms with van der Waals surface area (Å²) in [4.78, 5) is 11.0. The Morgan fingerprint density at radius 3 is 2.44 bits per heavy atom. The van der Waals surface area contributed by atoms with E-state index < -0.39 is 12.7 Å². The molecule has 0 aliphatic rings. The first-order valence-corrected chi connectivity index (χ1v) is 4.86. The van der Waals surface area contributed by atoms with Crippen LogP contribution in [0.4, 0.5) is 13.2 Å². The van der Waals surface area contributed by atoms with Crippen molar-refractivity contribution in [2.45, 2.75) is 39.4 Å². The highest BCUT2D eigenvalue weighted by atomic mass is 19.4. The number of alkyl halides is 3. The number of halogens is 3. The first-order valence-electron chi connectivity index (χ1n) is 4.86. The average Bonchev–Trinajstić information content (AvgIpc) is 2.44. The summed E-state index contributed by atoms with van der Waals surface area (Å²) in [6.07, 6.45) is -4.33. The Labute approximate surface area is 91.3 Å². The summed E-state index contributed by atoms with van der Waals surface area (Å²) in [5.74, 6) is -0.439. The van der Waals surface area contributed by atoms with Gasteiger partial charge in [-0.3, -0.25) is 9.48 Å². The summed E-state index contributed by atoms with van der Waals surface area (Å²) in [6, 6.07) is 1.42. The summed E-state index contributed by atoms with van der Waals surface area (Å²) in [5, 5.41) is 3.66. The van der Waals surface area contributed by atoms with E-state index in [9.17, 15) is 18.0 Å². The largest absolute Gasteiger partial charge is 0.408 e. The molecule has 1 heterocycles. The summed E-state index contributed by atoms with van der Waals surface area (Å²) >= 11 is 0. The van der Waals surface area contributed by atoms with Crippen molar-refractivity contribution in [1.29, 1.82) is 0 Å². The SMILES string of the molecule is CC(=O)c1cc(C(C)C)n(CC(F)(F)F)n1. The normalized spacial score (nSPS) is 12.2. The Hall–Kier alpha value is -1.33. The zero-order valence-corrected chi connectivity index (χ0v) is 9.30. The number of Topliss-reactive ketones (excluding diaryl/α,β-unsaturated/α-hetero) is 1. The first-order chi connectivity index (χ1) is 7.20. The van der Waals surface area contributed by atoms with Crippen LogP contribution < -0.4 is 0 Å². The molecule has 0 atom stereocenters. The molecule has 0 fully saturated rings. The van der Waals surface area contributed by atoms with E-state index in [1.165, 1.54) is 13.0 Å². The lowest BCUT2D eigenvalue weighted by atomic mass is 10.1. The van der Waals surface area contributed by atoms with Crippen LogP contribution in [0.3, 0.4) is 0 Å². The van der Waals surface area contributed by atoms with Gasteiger partial charge in [0, 0.05) is 12.6 Å². The fraction of sp³-hybridized carbons (Fsp3) is 0.600. The maximum Gasteiger partial charge on any atom is 0.408 e. The van der Waals surface area contributed by atoms with Gasteiger partial charge in [0.2, 0.25) is 0 Å². The Kier molecular flexibility index (Phi) is 3.40. The highest BCUT2D eigenvalue weighted by molar-refractivity contribution is 5.92. The van der Waals surface area contributed by atoms with Crippen LogP contribution in [0, 0.1) is 0 Å². The van der Waals surface area contributed by atoms with Gasteiger partial charge in [-0.05, 0) is 12.0 Å². The van der Waals surface area contributed by atoms with Gasteiger partial charge in [0.25, 0.3) is 0 Å². The van der Waals surface area contributed by atoms with Crippen molar-refractivity contribution in [3.05, 3.63) is 17.5 Å². The molecule has 6 heteroatoms. The van der Waals surface area contributed by atoms with Crippen LogP contribution in [0.2, 0.25) is 0 Å².